The lowest BCUT2D eigenvalue weighted by atomic mass is 9.86. The second kappa shape index (κ2) is 5.77. The van der Waals surface area contributed by atoms with Crippen LogP contribution in [0.3, 0.4) is 0 Å². The van der Waals surface area contributed by atoms with E-state index in [9.17, 15) is 0 Å². The molecule has 1 aromatic carbocycles. The molecule has 0 N–H and O–H groups in total. The van der Waals surface area contributed by atoms with Crippen molar-refractivity contribution in [2.75, 3.05) is 6.61 Å². The highest BCUT2D eigenvalue weighted by atomic mass is 16.5. The number of ether oxygens (including phenoxy) is 1. The maximum atomic E-state index is 5.85. The number of benzene rings is 1. The van der Waals surface area contributed by atoms with Crippen molar-refractivity contribution < 1.29 is 4.74 Å². The van der Waals surface area contributed by atoms with Crippen molar-refractivity contribution >= 4 is 0 Å². The molecule has 92 valence electrons. The lowest BCUT2D eigenvalue weighted by molar-refractivity contribution is 0.304. The fourth-order valence-corrected chi connectivity index (χ4v) is 1.72. The largest absolute Gasteiger partial charge is 0.493 e. The Labute approximate surface area is 105 Å². The molecule has 0 aliphatic heterocycles. The second-order valence-electron chi connectivity index (χ2n) is 5.41. The number of terminal acetylenes is 1. The summed E-state index contributed by atoms with van der Waals surface area (Å²) in [6.45, 7) is 9.38. The monoisotopic (exact) mass is 230 g/mol. The Bertz CT molecular complexity index is 405. The molecule has 0 atom stereocenters. The predicted octanol–water partition coefficient (Wildman–Crippen LogP) is 4.08. The van der Waals surface area contributed by atoms with Crippen molar-refractivity contribution in [1.29, 1.82) is 0 Å². The van der Waals surface area contributed by atoms with Crippen molar-refractivity contribution in [2.24, 2.45) is 0 Å². The minimum Gasteiger partial charge on any atom is -0.493 e. The van der Waals surface area contributed by atoms with Gasteiger partial charge in [0.25, 0.3) is 0 Å². The van der Waals surface area contributed by atoms with Crippen LogP contribution in [0.25, 0.3) is 0 Å². The molecule has 0 saturated carbocycles. The summed E-state index contributed by atoms with van der Waals surface area (Å²) in [4.78, 5) is 0. The van der Waals surface area contributed by atoms with Gasteiger partial charge in [-0.3, -0.25) is 0 Å². The van der Waals surface area contributed by atoms with Gasteiger partial charge >= 0.3 is 0 Å². The van der Waals surface area contributed by atoms with E-state index in [2.05, 4.69) is 51.8 Å². The van der Waals surface area contributed by atoms with Gasteiger partial charge in [-0.2, -0.15) is 0 Å². The molecule has 0 amide bonds. The lowest BCUT2D eigenvalue weighted by Crippen LogP contribution is -2.14. The smallest absolute Gasteiger partial charge is 0.123 e. The van der Waals surface area contributed by atoms with Gasteiger partial charge in [0.15, 0.2) is 0 Å². The minimum absolute atomic E-state index is 0.106. The van der Waals surface area contributed by atoms with Crippen LogP contribution in [0, 0.1) is 19.3 Å². The number of unbranched alkanes of at least 4 members (excludes halogenated alkanes) is 1. The van der Waals surface area contributed by atoms with Crippen molar-refractivity contribution in [3.8, 4) is 18.1 Å². The van der Waals surface area contributed by atoms with Gasteiger partial charge in [-0.05, 0) is 36.0 Å². The average Bonchev–Trinajstić information content (AvgIpc) is 2.23. The molecule has 0 fully saturated rings. The van der Waals surface area contributed by atoms with E-state index in [1.54, 1.807) is 0 Å². The zero-order valence-corrected chi connectivity index (χ0v) is 11.3. The molecule has 0 radical (unpaired) electrons. The van der Waals surface area contributed by atoms with Gasteiger partial charge in [-0.15, -0.1) is 12.3 Å². The number of hydrogen-bond acceptors (Lipinski definition) is 1. The Morgan fingerprint density at radius 1 is 1.29 bits per heavy atom. The fourth-order valence-electron chi connectivity index (χ4n) is 1.72. The molecule has 1 heteroatoms. The van der Waals surface area contributed by atoms with Crippen molar-refractivity contribution in [3.05, 3.63) is 29.3 Å². The van der Waals surface area contributed by atoms with E-state index in [-0.39, 0.29) is 5.41 Å². The van der Waals surface area contributed by atoms with Gasteiger partial charge in [0.05, 0.1) is 6.61 Å². The third-order valence-corrected chi connectivity index (χ3v) is 2.67. The Morgan fingerprint density at radius 3 is 2.59 bits per heavy atom. The highest BCUT2D eigenvalue weighted by Gasteiger charge is 2.18. The number of hydrogen-bond donors (Lipinski definition) is 0. The standard InChI is InChI=1S/C16H22O/c1-6-7-8-11-17-15-12-13(2)9-10-14(15)16(3,4)5/h1,9-10,12H,7-8,11H2,2-5H3. The molecule has 0 spiro atoms. The fraction of sp³-hybridized carbons (Fsp3) is 0.500. The minimum atomic E-state index is 0.106. The molecule has 17 heavy (non-hydrogen) atoms. The van der Waals surface area contributed by atoms with Gasteiger partial charge in [0.1, 0.15) is 5.75 Å². The Hall–Kier alpha value is -1.42. The Kier molecular flexibility index (Phi) is 4.63. The first kappa shape index (κ1) is 13.6. The first-order valence-corrected chi connectivity index (χ1v) is 6.12. The summed E-state index contributed by atoms with van der Waals surface area (Å²) in [5.74, 6) is 3.63. The van der Waals surface area contributed by atoms with Crippen LogP contribution in [0.5, 0.6) is 5.75 Å². The van der Waals surface area contributed by atoms with Crippen LogP contribution in [0.1, 0.15) is 44.7 Å². The third kappa shape index (κ3) is 4.15. The highest BCUT2D eigenvalue weighted by molar-refractivity contribution is 5.41. The highest BCUT2D eigenvalue weighted by Crippen LogP contribution is 2.32. The molecule has 0 bridgehead atoms. The van der Waals surface area contributed by atoms with E-state index in [0.29, 0.717) is 6.61 Å². The summed E-state index contributed by atoms with van der Waals surface area (Å²) in [5, 5.41) is 0. The van der Waals surface area contributed by atoms with E-state index in [1.807, 2.05) is 0 Å². The second-order valence-corrected chi connectivity index (χ2v) is 5.41. The van der Waals surface area contributed by atoms with Crippen LogP contribution in [-0.2, 0) is 5.41 Å². The van der Waals surface area contributed by atoms with E-state index >= 15 is 0 Å². The quantitative estimate of drug-likeness (QED) is 0.559. The summed E-state index contributed by atoms with van der Waals surface area (Å²) >= 11 is 0. The summed E-state index contributed by atoms with van der Waals surface area (Å²) in [5.41, 5.74) is 2.59. The first-order valence-electron chi connectivity index (χ1n) is 6.12. The number of rotatable bonds is 4. The zero-order chi connectivity index (χ0) is 12.9. The maximum Gasteiger partial charge on any atom is 0.123 e. The number of aryl methyl sites for hydroxylation is 1. The Balaban J connectivity index is 2.82. The van der Waals surface area contributed by atoms with Gasteiger partial charge < -0.3 is 4.74 Å². The topological polar surface area (TPSA) is 9.23 Å². The SMILES string of the molecule is C#CCCCOc1cc(C)ccc1C(C)(C)C. The van der Waals surface area contributed by atoms with Crippen molar-refractivity contribution in [3.63, 3.8) is 0 Å². The summed E-state index contributed by atoms with van der Waals surface area (Å²) in [7, 11) is 0. The van der Waals surface area contributed by atoms with E-state index in [0.717, 1.165) is 18.6 Å². The molecule has 0 aromatic heterocycles. The van der Waals surface area contributed by atoms with Gasteiger partial charge in [0.2, 0.25) is 0 Å². The lowest BCUT2D eigenvalue weighted by Gasteiger charge is -2.23. The molecule has 0 heterocycles. The first-order chi connectivity index (χ1) is 7.95. The molecule has 1 rings (SSSR count). The molecule has 1 nitrogen and oxygen atoms in total. The molecule has 0 aliphatic carbocycles. The van der Waals surface area contributed by atoms with E-state index in [1.165, 1.54) is 11.1 Å². The summed E-state index contributed by atoms with van der Waals surface area (Å²) < 4.78 is 5.85. The molecule has 0 aliphatic rings. The summed E-state index contributed by atoms with van der Waals surface area (Å²) in [6.07, 6.45) is 6.91. The maximum absolute atomic E-state index is 5.85. The van der Waals surface area contributed by atoms with Gasteiger partial charge in [-0.1, -0.05) is 32.9 Å². The molecular weight excluding hydrogens is 208 g/mol. The van der Waals surface area contributed by atoms with Crippen molar-refractivity contribution in [2.45, 2.75) is 46.0 Å². The Morgan fingerprint density at radius 2 is 2.00 bits per heavy atom. The van der Waals surface area contributed by atoms with E-state index < -0.39 is 0 Å². The van der Waals surface area contributed by atoms with Gasteiger partial charge in [-0.25, -0.2) is 0 Å². The molecule has 0 unspecified atom stereocenters. The van der Waals surface area contributed by atoms with Crippen LogP contribution in [0.15, 0.2) is 18.2 Å². The third-order valence-electron chi connectivity index (χ3n) is 2.67. The molecule has 0 saturated heterocycles. The van der Waals surface area contributed by atoms with Crippen LogP contribution in [0.4, 0.5) is 0 Å². The molecular formula is C16H22O. The van der Waals surface area contributed by atoms with Crippen LogP contribution >= 0.6 is 0 Å². The van der Waals surface area contributed by atoms with E-state index in [4.69, 9.17) is 11.2 Å². The molecule has 1 aromatic rings. The predicted molar refractivity (Wildman–Crippen MR) is 73.4 cm³/mol. The van der Waals surface area contributed by atoms with Gasteiger partial charge in [0, 0.05) is 6.42 Å². The van der Waals surface area contributed by atoms with Crippen LogP contribution in [0.2, 0.25) is 0 Å². The zero-order valence-electron chi connectivity index (χ0n) is 11.3. The van der Waals surface area contributed by atoms with Crippen LogP contribution in [-0.4, -0.2) is 6.61 Å². The van der Waals surface area contributed by atoms with Crippen molar-refractivity contribution in [1.82, 2.24) is 0 Å². The average molecular weight is 230 g/mol. The van der Waals surface area contributed by atoms with Crippen LogP contribution < -0.4 is 4.74 Å². The normalized spacial score (nSPS) is 11.0. The summed E-state index contributed by atoms with van der Waals surface area (Å²) in [6, 6.07) is 6.40.